The van der Waals surface area contributed by atoms with Gasteiger partial charge in [0.2, 0.25) is 0 Å². The normalized spacial score (nSPS) is 11.6. The number of nitrogens with zero attached hydrogens (tertiary/aromatic N) is 4. The van der Waals surface area contributed by atoms with E-state index in [0.717, 1.165) is 39.1 Å². The molecule has 8 heteroatoms. The minimum absolute atomic E-state index is 0.0276. The zero-order valence-electron chi connectivity index (χ0n) is 17.6. The Kier molecular flexibility index (Phi) is 5.79. The molecule has 0 aromatic carbocycles. The fourth-order valence-electron chi connectivity index (χ4n) is 3.40. The molecule has 6 nitrogen and oxygen atoms in total. The van der Waals surface area contributed by atoms with Gasteiger partial charge in [0.15, 0.2) is 5.16 Å². The van der Waals surface area contributed by atoms with Crippen LogP contribution in [0.5, 0.6) is 0 Å². The van der Waals surface area contributed by atoms with E-state index in [1.807, 2.05) is 32.9 Å². The van der Waals surface area contributed by atoms with Crippen LogP contribution in [0.1, 0.15) is 41.5 Å². The van der Waals surface area contributed by atoms with Gasteiger partial charge in [0.05, 0.1) is 11.1 Å². The minimum Gasteiger partial charge on any atom is -0.287 e. The minimum atomic E-state index is -0.101. The van der Waals surface area contributed by atoms with Gasteiger partial charge >= 0.3 is 0 Å². The second-order valence-corrected chi connectivity index (χ2v) is 9.62. The molecule has 0 fully saturated rings. The summed E-state index contributed by atoms with van der Waals surface area (Å²) in [7, 11) is 0. The summed E-state index contributed by atoms with van der Waals surface area (Å²) in [6.07, 6.45) is 3.71. The highest BCUT2D eigenvalue weighted by molar-refractivity contribution is 7.98. The average molecular weight is 441 g/mol. The van der Waals surface area contributed by atoms with E-state index >= 15 is 0 Å². The summed E-state index contributed by atoms with van der Waals surface area (Å²) in [4.78, 5) is 37.0. The van der Waals surface area contributed by atoms with Crippen molar-refractivity contribution >= 4 is 39.0 Å². The monoisotopic (exact) mass is 440 g/mol. The molecule has 156 valence electrons. The Morgan fingerprint density at radius 1 is 1.13 bits per heavy atom. The Hall–Kier alpha value is -2.45. The fourth-order valence-corrected chi connectivity index (χ4v) is 5.39. The Labute approximate surface area is 182 Å². The van der Waals surface area contributed by atoms with Crippen LogP contribution in [-0.4, -0.2) is 18.9 Å². The first-order valence-corrected chi connectivity index (χ1v) is 11.8. The van der Waals surface area contributed by atoms with Crippen molar-refractivity contribution in [1.82, 2.24) is 18.9 Å². The van der Waals surface area contributed by atoms with Gasteiger partial charge in [-0.1, -0.05) is 31.2 Å². The second kappa shape index (κ2) is 8.35. The molecule has 30 heavy (non-hydrogen) atoms. The number of thiophene rings is 1. The molecular weight excluding hydrogens is 416 g/mol. The van der Waals surface area contributed by atoms with E-state index in [-0.39, 0.29) is 11.1 Å². The summed E-state index contributed by atoms with van der Waals surface area (Å²) in [5.74, 6) is 0.479. The summed E-state index contributed by atoms with van der Waals surface area (Å²) in [5, 5.41) is 1.42. The number of rotatable bonds is 6. The third-order valence-corrected chi connectivity index (χ3v) is 7.31. The topological polar surface area (TPSA) is 69.3 Å². The molecule has 0 atom stereocenters. The smallest absolute Gasteiger partial charge is 0.263 e. The van der Waals surface area contributed by atoms with Crippen molar-refractivity contribution in [3.63, 3.8) is 0 Å². The van der Waals surface area contributed by atoms with Crippen molar-refractivity contribution in [2.24, 2.45) is 0 Å². The van der Waals surface area contributed by atoms with Crippen molar-refractivity contribution in [2.75, 3.05) is 0 Å². The lowest BCUT2D eigenvalue weighted by Crippen LogP contribution is -2.23. The summed E-state index contributed by atoms with van der Waals surface area (Å²) in [6, 6.07) is 5.35. The molecule has 0 unspecified atom stereocenters. The quantitative estimate of drug-likeness (QED) is 0.327. The van der Waals surface area contributed by atoms with E-state index in [1.54, 1.807) is 32.6 Å². The SMILES string of the molecule is CCCCn1c(SCc2cc(=O)n3cc(C)ccc3n2)nc2sc(C)c(C)c2c1=O. The van der Waals surface area contributed by atoms with Gasteiger partial charge in [0.25, 0.3) is 11.1 Å². The van der Waals surface area contributed by atoms with Crippen molar-refractivity contribution in [3.05, 3.63) is 66.8 Å². The first kappa shape index (κ1) is 20.8. The van der Waals surface area contributed by atoms with Crippen LogP contribution in [0.2, 0.25) is 0 Å². The molecule has 0 aliphatic rings. The van der Waals surface area contributed by atoms with Gasteiger partial charge in [-0.15, -0.1) is 11.3 Å². The molecule has 4 aromatic rings. The molecule has 0 aliphatic carbocycles. The van der Waals surface area contributed by atoms with Crippen LogP contribution in [0.25, 0.3) is 15.9 Å². The van der Waals surface area contributed by atoms with Crippen LogP contribution in [0.3, 0.4) is 0 Å². The molecule has 4 heterocycles. The van der Waals surface area contributed by atoms with Crippen molar-refractivity contribution in [3.8, 4) is 0 Å². The largest absolute Gasteiger partial charge is 0.287 e. The molecule has 0 saturated carbocycles. The van der Waals surface area contributed by atoms with Gasteiger partial charge in [0, 0.05) is 29.4 Å². The Balaban J connectivity index is 1.73. The summed E-state index contributed by atoms with van der Waals surface area (Å²) in [5.41, 5.74) is 3.26. The first-order valence-electron chi connectivity index (χ1n) is 10.0. The molecule has 0 saturated heterocycles. The predicted molar refractivity (Wildman–Crippen MR) is 124 cm³/mol. The lowest BCUT2D eigenvalue weighted by molar-refractivity contribution is 0.558. The number of pyridine rings is 1. The maximum Gasteiger partial charge on any atom is 0.263 e. The average Bonchev–Trinajstić information content (AvgIpc) is 3.00. The lowest BCUT2D eigenvalue weighted by Gasteiger charge is -2.12. The van der Waals surface area contributed by atoms with E-state index in [0.29, 0.717) is 28.8 Å². The van der Waals surface area contributed by atoms with E-state index in [1.165, 1.54) is 11.8 Å². The van der Waals surface area contributed by atoms with Crippen LogP contribution in [0.15, 0.2) is 39.1 Å². The first-order chi connectivity index (χ1) is 14.4. The van der Waals surface area contributed by atoms with Crippen molar-refractivity contribution < 1.29 is 0 Å². The highest BCUT2D eigenvalue weighted by Crippen LogP contribution is 2.29. The van der Waals surface area contributed by atoms with Gasteiger partial charge in [-0.2, -0.15) is 0 Å². The fraction of sp³-hybridized carbons (Fsp3) is 0.364. The summed E-state index contributed by atoms with van der Waals surface area (Å²) < 4.78 is 3.34. The zero-order chi connectivity index (χ0) is 21.4. The molecule has 0 aliphatic heterocycles. The van der Waals surface area contributed by atoms with Gasteiger partial charge in [-0.05, 0) is 44.4 Å². The summed E-state index contributed by atoms with van der Waals surface area (Å²) >= 11 is 3.02. The Morgan fingerprint density at radius 2 is 1.93 bits per heavy atom. The number of aromatic nitrogens is 4. The van der Waals surface area contributed by atoms with Crippen LogP contribution in [0.4, 0.5) is 0 Å². The number of thioether (sulfide) groups is 1. The summed E-state index contributed by atoms with van der Waals surface area (Å²) in [6.45, 7) is 8.71. The third-order valence-electron chi connectivity index (χ3n) is 5.20. The van der Waals surface area contributed by atoms with E-state index in [4.69, 9.17) is 4.98 Å². The van der Waals surface area contributed by atoms with E-state index < -0.39 is 0 Å². The van der Waals surface area contributed by atoms with E-state index in [2.05, 4.69) is 11.9 Å². The van der Waals surface area contributed by atoms with Crippen LogP contribution in [-0.2, 0) is 12.3 Å². The van der Waals surface area contributed by atoms with E-state index in [9.17, 15) is 9.59 Å². The van der Waals surface area contributed by atoms with Gasteiger partial charge in [0.1, 0.15) is 10.5 Å². The highest BCUT2D eigenvalue weighted by Gasteiger charge is 2.17. The standard InChI is InChI=1S/C22H24N4O2S2/c1-5-6-9-25-21(28)19-14(3)15(4)30-20(19)24-22(25)29-12-16-10-18(27)26-11-13(2)7-8-17(26)23-16/h7-8,10-11H,5-6,9,12H2,1-4H3. The van der Waals surface area contributed by atoms with Crippen LogP contribution in [0, 0.1) is 20.8 Å². The molecule has 0 N–H and O–H groups in total. The molecule has 4 rings (SSSR count). The Bertz CT molecular complexity index is 1370. The highest BCUT2D eigenvalue weighted by atomic mass is 32.2. The third kappa shape index (κ3) is 3.81. The predicted octanol–water partition coefficient (Wildman–Crippen LogP) is 4.48. The van der Waals surface area contributed by atoms with Crippen molar-refractivity contribution in [1.29, 1.82) is 0 Å². The maximum absolute atomic E-state index is 13.2. The lowest BCUT2D eigenvalue weighted by atomic mass is 10.2. The molecular formula is C22H24N4O2S2. The molecule has 4 aromatic heterocycles. The number of aryl methyl sites for hydroxylation is 3. The zero-order valence-corrected chi connectivity index (χ0v) is 19.2. The van der Waals surface area contributed by atoms with Gasteiger partial charge < -0.3 is 0 Å². The number of hydrogen-bond donors (Lipinski definition) is 0. The Morgan fingerprint density at radius 3 is 2.70 bits per heavy atom. The number of hydrogen-bond acceptors (Lipinski definition) is 6. The molecule has 0 radical (unpaired) electrons. The van der Waals surface area contributed by atoms with Gasteiger partial charge in [-0.25, -0.2) is 9.97 Å². The number of unbranched alkanes of at least 4 members (excludes halogenated alkanes) is 1. The second-order valence-electron chi connectivity index (χ2n) is 7.48. The molecule has 0 amide bonds. The number of fused-ring (bicyclic) bond motifs is 2. The van der Waals surface area contributed by atoms with Crippen LogP contribution < -0.4 is 11.1 Å². The maximum atomic E-state index is 13.2. The molecule has 0 bridgehead atoms. The van der Waals surface area contributed by atoms with Gasteiger partial charge in [-0.3, -0.25) is 18.6 Å². The molecule has 0 spiro atoms. The van der Waals surface area contributed by atoms with Crippen LogP contribution >= 0.6 is 23.1 Å². The van der Waals surface area contributed by atoms with Crippen molar-refractivity contribution in [2.45, 2.75) is 58.0 Å².